The monoisotopic (exact) mass is 282 g/mol. The first-order chi connectivity index (χ1) is 9.58. The highest BCUT2D eigenvalue weighted by Gasteiger charge is 2.22. The van der Waals surface area contributed by atoms with Gasteiger partial charge in [-0.05, 0) is 6.42 Å². The van der Waals surface area contributed by atoms with Crippen LogP contribution in [0.1, 0.15) is 25.7 Å². The summed E-state index contributed by atoms with van der Waals surface area (Å²) in [5.41, 5.74) is 2.55. The van der Waals surface area contributed by atoms with Crippen molar-refractivity contribution in [2.24, 2.45) is 5.10 Å². The highest BCUT2D eigenvalue weighted by Crippen LogP contribution is 2.08. The van der Waals surface area contributed by atoms with E-state index in [1.54, 1.807) is 4.90 Å². The number of likely N-dealkylation sites (tertiary alicyclic amines) is 1. The summed E-state index contributed by atoms with van der Waals surface area (Å²) < 4.78 is 0. The molecule has 0 aromatic carbocycles. The summed E-state index contributed by atoms with van der Waals surface area (Å²) in [7, 11) is 1.51. The molecule has 0 aromatic heterocycles. The first kappa shape index (κ1) is 14.4. The molecule has 2 heterocycles. The van der Waals surface area contributed by atoms with Gasteiger partial charge in [-0.15, -0.1) is 0 Å². The maximum absolute atomic E-state index is 11.7. The van der Waals surface area contributed by atoms with E-state index in [4.69, 9.17) is 4.84 Å². The average Bonchev–Trinajstić information content (AvgIpc) is 2.83. The van der Waals surface area contributed by atoms with E-state index in [9.17, 15) is 14.4 Å². The first-order valence-electron chi connectivity index (χ1n) is 6.62. The van der Waals surface area contributed by atoms with E-state index in [0.29, 0.717) is 19.4 Å². The third kappa shape index (κ3) is 3.53. The standard InChI is InChI=1S/C12H18N4O4/c1-15-10(17)5-4-9(13-15)12(19)14-20-8-7-16-6-2-3-11(16)18/h2-8H2,1H3,(H,14,19). The molecule has 8 heteroatoms. The minimum absolute atomic E-state index is 0.116. The number of carbonyl (C=O) groups excluding carboxylic acids is 3. The maximum Gasteiger partial charge on any atom is 0.291 e. The van der Waals surface area contributed by atoms with Crippen LogP contribution in [0.5, 0.6) is 0 Å². The topological polar surface area (TPSA) is 91.3 Å². The normalized spacial score (nSPS) is 19.4. The van der Waals surface area contributed by atoms with Gasteiger partial charge in [0.25, 0.3) is 5.91 Å². The van der Waals surface area contributed by atoms with Gasteiger partial charge in [-0.2, -0.15) is 5.10 Å². The highest BCUT2D eigenvalue weighted by molar-refractivity contribution is 6.39. The van der Waals surface area contributed by atoms with E-state index in [2.05, 4.69) is 10.6 Å². The van der Waals surface area contributed by atoms with Crippen molar-refractivity contribution in [3.05, 3.63) is 0 Å². The van der Waals surface area contributed by atoms with Crippen LogP contribution in [0, 0.1) is 0 Å². The lowest BCUT2D eigenvalue weighted by molar-refractivity contribution is -0.131. The van der Waals surface area contributed by atoms with Crippen molar-refractivity contribution >= 4 is 23.4 Å². The summed E-state index contributed by atoms with van der Waals surface area (Å²) in [6.45, 7) is 1.44. The number of amides is 3. The van der Waals surface area contributed by atoms with Crippen LogP contribution in [0.2, 0.25) is 0 Å². The molecule has 20 heavy (non-hydrogen) atoms. The van der Waals surface area contributed by atoms with Crippen molar-refractivity contribution in [1.29, 1.82) is 0 Å². The molecule has 2 aliphatic heterocycles. The Hall–Kier alpha value is -1.96. The lowest BCUT2D eigenvalue weighted by Crippen LogP contribution is -2.39. The Kier molecular flexibility index (Phi) is 4.67. The smallest absolute Gasteiger partial charge is 0.291 e. The molecule has 2 aliphatic rings. The number of nitrogens with zero attached hydrogens (tertiary/aromatic N) is 3. The quantitative estimate of drug-likeness (QED) is 0.531. The van der Waals surface area contributed by atoms with E-state index in [-0.39, 0.29) is 30.6 Å². The van der Waals surface area contributed by atoms with Crippen LogP contribution in [-0.2, 0) is 19.2 Å². The molecule has 1 fully saturated rings. The summed E-state index contributed by atoms with van der Waals surface area (Å²) in [5, 5.41) is 5.03. The van der Waals surface area contributed by atoms with Gasteiger partial charge in [0.1, 0.15) is 5.71 Å². The molecular weight excluding hydrogens is 264 g/mol. The molecule has 0 atom stereocenters. The molecular formula is C12H18N4O4. The molecule has 110 valence electrons. The number of carbonyl (C=O) groups is 3. The van der Waals surface area contributed by atoms with Crippen LogP contribution < -0.4 is 5.48 Å². The zero-order valence-corrected chi connectivity index (χ0v) is 11.4. The molecule has 0 radical (unpaired) electrons. The van der Waals surface area contributed by atoms with Gasteiger partial charge in [-0.1, -0.05) is 0 Å². The van der Waals surface area contributed by atoms with Gasteiger partial charge >= 0.3 is 0 Å². The maximum atomic E-state index is 11.7. The Balaban J connectivity index is 1.69. The number of nitrogens with one attached hydrogen (secondary N) is 1. The molecule has 0 aliphatic carbocycles. The van der Waals surface area contributed by atoms with Gasteiger partial charge in [0.05, 0.1) is 6.61 Å². The van der Waals surface area contributed by atoms with Crippen molar-refractivity contribution in [3.63, 3.8) is 0 Å². The fraction of sp³-hybridized carbons (Fsp3) is 0.667. The van der Waals surface area contributed by atoms with Crippen molar-refractivity contribution < 1.29 is 19.2 Å². The molecule has 0 unspecified atom stereocenters. The molecule has 3 amide bonds. The number of rotatable bonds is 5. The Morgan fingerprint density at radius 2 is 2.10 bits per heavy atom. The number of hydrogen-bond donors (Lipinski definition) is 1. The van der Waals surface area contributed by atoms with Crippen LogP contribution in [-0.4, -0.2) is 60.1 Å². The van der Waals surface area contributed by atoms with Crippen molar-refractivity contribution in [2.75, 3.05) is 26.7 Å². The molecule has 0 bridgehead atoms. The SMILES string of the molecule is CN1N=C(C(=O)NOCCN2CCCC2=O)CCC1=O. The van der Waals surface area contributed by atoms with E-state index in [1.807, 2.05) is 0 Å². The third-order valence-corrected chi connectivity index (χ3v) is 3.27. The fourth-order valence-corrected chi connectivity index (χ4v) is 2.10. The Morgan fingerprint density at radius 3 is 2.75 bits per heavy atom. The predicted octanol–water partition coefficient (Wildman–Crippen LogP) is -0.735. The Labute approximate surface area is 116 Å². The zero-order valence-electron chi connectivity index (χ0n) is 11.4. The molecule has 1 N–H and O–H groups in total. The van der Waals surface area contributed by atoms with Crippen molar-refractivity contribution in [3.8, 4) is 0 Å². The molecule has 1 saturated heterocycles. The van der Waals surface area contributed by atoms with Crippen molar-refractivity contribution in [1.82, 2.24) is 15.4 Å². The third-order valence-electron chi connectivity index (χ3n) is 3.27. The molecule has 0 aromatic rings. The van der Waals surface area contributed by atoms with Crippen LogP contribution in [0.3, 0.4) is 0 Å². The molecule has 0 spiro atoms. The summed E-state index contributed by atoms with van der Waals surface area (Å²) in [5.74, 6) is -0.441. The lowest BCUT2D eigenvalue weighted by Gasteiger charge is -2.19. The second kappa shape index (κ2) is 6.47. The fourth-order valence-electron chi connectivity index (χ4n) is 2.10. The van der Waals surface area contributed by atoms with Crippen LogP contribution in [0.4, 0.5) is 0 Å². The van der Waals surface area contributed by atoms with E-state index in [1.165, 1.54) is 7.05 Å². The largest absolute Gasteiger partial charge is 0.340 e. The van der Waals surface area contributed by atoms with Gasteiger partial charge in [0, 0.05) is 39.4 Å². The number of hydroxylamine groups is 1. The second-order valence-corrected chi connectivity index (χ2v) is 4.73. The minimum Gasteiger partial charge on any atom is -0.340 e. The summed E-state index contributed by atoms with van der Waals surface area (Å²) in [6, 6.07) is 0. The number of hydrazone groups is 1. The second-order valence-electron chi connectivity index (χ2n) is 4.73. The van der Waals surface area contributed by atoms with E-state index in [0.717, 1.165) is 18.0 Å². The average molecular weight is 282 g/mol. The van der Waals surface area contributed by atoms with Crippen LogP contribution in [0.25, 0.3) is 0 Å². The van der Waals surface area contributed by atoms with Crippen LogP contribution in [0.15, 0.2) is 5.10 Å². The minimum atomic E-state index is -0.447. The molecule has 2 rings (SSSR count). The van der Waals surface area contributed by atoms with Gasteiger partial charge in [-0.25, -0.2) is 10.5 Å². The summed E-state index contributed by atoms with van der Waals surface area (Å²) in [4.78, 5) is 41.0. The highest BCUT2D eigenvalue weighted by atomic mass is 16.7. The van der Waals surface area contributed by atoms with Gasteiger partial charge in [0.15, 0.2) is 0 Å². The zero-order chi connectivity index (χ0) is 14.5. The van der Waals surface area contributed by atoms with E-state index < -0.39 is 5.91 Å². The lowest BCUT2D eigenvalue weighted by atomic mass is 10.1. The Morgan fingerprint density at radius 1 is 1.30 bits per heavy atom. The summed E-state index contributed by atoms with van der Waals surface area (Å²) >= 11 is 0. The van der Waals surface area contributed by atoms with Gasteiger partial charge < -0.3 is 4.90 Å². The van der Waals surface area contributed by atoms with Gasteiger partial charge in [0.2, 0.25) is 11.8 Å². The van der Waals surface area contributed by atoms with Crippen molar-refractivity contribution in [2.45, 2.75) is 25.7 Å². The summed E-state index contributed by atoms with van der Waals surface area (Å²) in [6.07, 6.45) is 2.04. The van der Waals surface area contributed by atoms with Gasteiger partial charge in [-0.3, -0.25) is 19.2 Å². The number of hydrogen-bond acceptors (Lipinski definition) is 5. The first-order valence-corrected chi connectivity index (χ1v) is 6.62. The van der Waals surface area contributed by atoms with E-state index >= 15 is 0 Å². The Bertz CT molecular complexity index is 449. The molecule has 8 nitrogen and oxygen atoms in total. The van der Waals surface area contributed by atoms with Crippen LogP contribution >= 0.6 is 0 Å². The predicted molar refractivity (Wildman–Crippen MR) is 69.3 cm³/mol. The molecule has 0 saturated carbocycles.